The predicted molar refractivity (Wildman–Crippen MR) is 88.1 cm³/mol. The Hall–Kier alpha value is -1.60. The fraction of sp³-hybridized carbons (Fsp3) is 0.222. The van der Waals surface area contributed by atoms with Gasteiger partial charge in [-0.3, -0.25) is 0 Å². The van der Waals surface area contributed by atoms with E-state index in [1.807, 2.05) is 25.2 Å². The molecular weight excluding hydrogens is 248 g/mol. The lowest BCUT2D eigenvalue weighted by molar-refractivity contribution is 1.50. The highest BCUT2D eigenvalue weighted by molar-refractivity contribution is 7.15. The van der Waals surface area contributed by atoms with Gasteiger partial charge in [0.15, 0.2) is 0 Å². The summed E-state index contributed by atoms with van der Waals surface area (Å²) in [4.78, 5) is 2.72. The van der Waals surface area contributed by atoms with Crippen LogP contribution in [0.3, 0.4) is 0 Å². The average Bonchev–Trinajstić information content (AvgIpc) is 2.87. The monoisotopic (exact) mass is 268 g/mol. The van der Waals surface area contributed by atoms with Crippen LogP contribution in [0.5, 0.6) is 0 Å². The van der Waals surface area contributed by atoms with Crippen LogP contribution < -0.4 is 0 Å². The summed E-state index contributed by atoms with van der Waals surface area (Å²) in [5.74, 6) is 0. The quantitative estimate of drug-likeness (QED) is 0.492. The van der Waals surface area contributed by atoms with E-state index in [-0.39, 0.29) is 0 Å². The molecule has 2 aromatic carbocycles. The minimum atomic E-state index is 1.31. The third-order valence-electron chi connectivity index (χ3n) is 3.02. The van der Waals surface area contributed by atoms with Crippen molar-refractivity contribution >= 4 is 22.1 Å². The Kier molecular flexibility index (Phi) is 4.39. The van der Waals surface area contributed by atoms with Crippen LogP contribution in [0, 0.1) is 13.8 Å². The number of hydrogen-bond acceptors (Lipinski definition) is 1. The summed E-state index contributed by atoms with van der Waals surface area (Å²) < 4.78 is 0. The predicted octanol–water partition coefficient (Wildman–Crippen LogP) is 6.21. The third-order valence-corrected chi connectivity index (χ3v) is 4.07. The maximum Gasteiger partial charge on any atom is 0.0345 e. The standard InChI is InChI=1S/C16H14S.C2H6/c1-11-3-5-13-6-7-14(10-15(13)9-11)16-8-4-12(2)17-16;1-2/h3-10H,1-2H3;1-2H3. The molecule has 0 aliphatic heterocycles. The molecule has 0 saturated carbocycles. The van der Waals surface area contributed by atoms with Crippen LogP contribution in [0.2, 0.25) is 0 Å². The van der Waals surface area contributed by atoms with Crippen molar-refractivity contribution in [1.82, 2.24) is 0 Å². The molecule has 0 bridgehead atoms. The Morgan fingerprint density at radius 2 is 1.47 bits per heavy atom. The van der Waals surface area contributed by atoms with Crippen LogP contribution in [0.15, 0.2) is 48.5 Å². The van der Waals surface area contributed by atoms with Gasteiger partial charge in [-0.1, -0.05) is 49.7 Å². The van der Waals surface area contributed by atoms with E-state index in [4.69, 9.17) is 0 Å². The van der Waals surface area contributed by atoms with Crippen LogP contribution >= 0.6 is 11.3 Å². The maximum atomic E-state index is 2.29. The highest BCUT2D eigenvalue weighted by atomic mass is 32.1. The van der Waals surface area contributed by atoms with Crippen molar-refractivity contribution in [2.24, 2.45) is 0 Å². The van der Waals surface area contributed by atoms with Crippen LogP contribution in [0.25, 0.3) is 21.2 Å². The number of aryl methyl sites for hydroxylation is 2. The highest BCUT2D eigenvalue weighted by Crippen LogP contribution is 2.30. The summed E-state index contributed by atoms with van der Waals surface area (Å²) in [6.07, 6.45) is 0. The molecule has 0 aliphatic carbocycles. The molecule has 19 heavy (non-hydrogen) atoms. The number of rotatable bonds is 1. The molecule has 0 atom stereocenters. The summed E-state index contributed by atoms with van der Waals surface area (Å²) in [5, 5.41) is 2.64. The number of fused-ring (bicyclic) bond motifs is 1. The van der Waals surface area contributed by atoms with Crippen molar-refractivity contribution in [3.05, 3.63) is 59.0 Å². The second kappa shape index (κ2) is 6.03. The van der Waals surface area contributed by atoms with Crippen molar-refractivity contribution < 1.29 is 0 Å². The largest absolute Gasteiger partial charge is 0.141 e. The minimum absolute atomic E-state index is 1.31. The van der Waals surface area contributed by atoms with Gasteiger partial charge in [0.25, 0.3) is 0 Å². The fourth-order valence-corrected chi connectivity index (χ4v) is 2.97. The van der Waals surface area contributed by atoms with Gasteiger partial charge in [-0.25, -0.2) is 0 Å². The van der Waals surface area contributed by atoms with E-state index in [9.17, 15) is 0 Å². The summed E-state index contributed by atoms with van der Waals surface area (Å²) in [6.45, 7) is 8.29. The van der Waals surface area contributed by atoms with Crippen molar-refractivity contribution in [3.63, 3.8) is 0 Å². The second-order valence-corrected chi connectivity index (χ2v) is 5.76. The first-order valence-corrected chi connectivity index (χ1v) is 7.61. The number of hydrogen-bond donors (Lipinski definition) is 0. The minimum Gasteiger partial charge on any atom is -0.141 e. The molecule has 0 spiro atoms. The zero-order chi connectivity index (χ0) is 13.8. The van der Waals surface area contributed by atoms with Crippen molar-refractivity contribution in [3.8, 4) is 10.4 Å². The first kappa shape index (κ1) is 13.8. The van der Waals surface area contributed by atoms with Crippen molar-refractivity contribution in [2.45, 2.75) is 27.7 Å². The van der Waals surface area contributed by atoms with Gasteiger partial charge in [-0.05, 0) is 48.4 Å². The molecule has 0 amide bonds. The third kappa shape index (κ3) is 3.05. The second-order valence-electron chi connectivity index (χ2n) is 4.48. The summed E-state index contributed by atoms with van der Waals surface area (Å²) in [7, 11) is 0. The number of benzene rings is 2. The molecular formula is C18H20S. The Morgan fingerprint density at radius 1 is 0.737 bits per heavy atom. The lowest BCUT2D eigenvalue weighted by atomic mass is 10.0. The molecule has 1 heteroatoms. The Labute approximate surface area is 119 Å². The molecule has 0 N–H and O–H groups in total. The Bertz CT molecular complexity index is 677. The van der Waals surface area contributed by atoms with E-state index in [0.717, 1.165) is 0 Å². The van der Waals surface area contributed by atoms with Crippen LogP contribution in [0.4, 0.5) is 0 Å². The van der Waals surface area contributed by atoms with Crippen LogP contribution in [-0.2, 0) is 0 Å². The topological polar surface area (TPSA) is 0 Å². The molecule has 3 rings (SSSR count). The van der Waals surface area contributed by atoms with Gasteiger partial charge < -0.3 is 0 Å². The summed E-state index contributed by atoms with van der Waals surface area (Å²) in [5.41, 5.74) is 2.64. The molecule has 0 saturated heterocycles. The molecule has 0 fully saturated rings. The molecule has 1 heterocycles. The maximum absolute atomic E-state index is 2.29. The Morgan fingerprint density at radius 3 is 2.16 bits per heavy atom. The molecule has 0 radical (unpaired) electrons. The van der Waals surface area contributed by atoms with Crippen molar-refractivity contribution in [1.29, 1.82) is 0 Å². The van der Waals surface area contributed by atoms with E-state index >= 15 is 0 Å². The van der Waals surface area contributed by atoms with Gasteiger partial charge in [0.05, 0.1) is 0 Å². The van der Waals surface area contributed by atoms with E-state index < -0.39 is 0 Å². The molecule has 1 aromatic heterocycles. The lowest BCUT2D eigenvalue weighted by Gasteiger charge is -2.02. The molecule has 0 unspecified atom stereocenters. The van der Waals surface area contributed by atoms with Crippen molar-refractivity contribution in [2.75, 3.05) is 0 Å². The summed E-state index contributed by atoms with van der Waals surface area (Å²) >= 11 is 1.85. The highest BCUT2D eigenvalue weighted by Gasteiger charge is 2.02. The summed E-state index contributed by atoms with van der Waals surface area (Å²) in [6, 6.07) is 17.7. The first-order valence-electron chi connectivity index (χ1n) is 6.79. The lowest BCUT2D eigenvalue weighted by Crippen LogP contribution is -1.77. The van der Waals surface area contributed by atoms with Gasteiger partial charge in [0.1, 0.15) is 0 Å². The zero-order valence-electron chi connectivity index (χ0n) is 12.0. The average molecular weight is 268 g/mol. The SMILES string of the molecule is CC.Cc1ccc2ccc(-c3ccc(C)s3)cc2c1. The van der Waals surface area contributed by atoms with Crippen LogP contribution in [-0.4, -0.2) is 0 Å². The normalized spacial score (nSPS) is 10.1. The van der Waals surface area contributed by atoms with E-state index in [0.29, 0.717) is 0 Å². The zero-order valence-corrected chi connectivity index (χ0v) is 12.8. The van der Waals surface area contributed by atoms with E-state index in [2.05, 4.69) is 62.4 Å². The van der Waals surface area contributed by atoms with Gasteiger partial charge in [-0.2, -0.15) is 0 Å². The van der Waals surface area contributed by atoms with Gasteiger partial charge in [-0.15, -0.1) is 11.3 Å². The fourth-order valence-electron chi connectivity index (χ4n) is 2.11. The Balaban J connectivity index is 0.000000637. The van der Waals surface area contributed by atoms with Gasteiger partial charge >= 0.3 is 0 Å². The molecule has 0 nitrogen and oxygen atoms in total. The van der Waals surface area contributed by atoms with E-state index in [1.54, 1.807) is 0 Å². The van der Waals surface area contributed by atoms with E-state index in [1.165, 1.54) is 31.7 Å². The molecule has 3 aromatic rings. The van der Waals surface area contributed by atoms with Gasteiger partial charge in [0.2, 0.25) is 0 Å². The number of thiophene rings is 1. The van der Waals surface area contributed by atoms with Gasteiger partial charge in [0, 0.05) is 9.75 Å². The smallest absolute Gasteiger partial charge is 0.0345 e. The first-order chi connectivity index (χ1) is 9.22. The molecule has 0 aliphatic rings. The van der Waals surface area contributed by atoms with Crippen LogP contribution in [0.1, 0.15) is 24.3 Å². The molecule has 98 valence electrons.